The van der Waals surface area contributed by atoms with Crippen molar-refractivity contribution in [2.45, 2.75) is 62.7 Å². The Hall–Kier alpha value is -1.43. The molecule has 5 heteroatoms. The van der Waals surface area contributed by atoms with Crippen molar-refractivity contribution in [2.24, 2.45) is 5.92 Å². The number of hydrazine groups is 1. The molecule has 5 nitrogen and oxygen atoms in total. The van der Waals surface area contributed by atoms with E-state index in [0.717, 1.165) is 45.2 Å². The van der Waals surface area contributed by atoms with Crippen LogP contribution in [0, 0.1) is 5.92 Å². The summed E-state index contributed by atoms with van der Waals surface area (Å²) in [5, 5.41) is 3.47. The van der Waals surface area contributed by atoms with Crippen LogP contribution < -0.4 is 16.2 Å². The van der Waals surface area contributed by atoms with Crippen molar-refractivity contribution >= 4 is 5.91 Å². The Bertz CT molecular complexity index is 659. The topological polar surface area (TPSA) is 56.4 Å². The van der Waals surface area contributed by atoms with E-state index in [1.54, 1.807) is 0 Å². The molecule has 2 saturated heterocycles. The number of nitrogens with one attached hydrogen (secondary N) is 3. The van der Waals surface area contributed by atoms with Gasteiger partial charge in [-0.15, -0.1) is 0 Å². The van der Waals surface area contributed by atoms with Gasteiger partial charge in [0.15, 0.2) is 0 Å². The third-order valence-electron chi connectivity index (χ3n) is 6.52. The number of carbonyl (C=O) groups is 1. The zero-order chi connectivity index (χ0) is 16.8. The van der Waals surface area contributed by atoms with Crippen LogP contribution in [0.1, 0.15) is 49.3 Å². The molecule has 0 bridgehead atoms. The predicted octanol–water partition coefficient (Wildman–Crippen LogP) is 1.51. The Labute approximate surface area is 149 Å². The van der Waals surface area contributed by atoms with Gasteiger partial charge < -0.3 is 10.2 Å². The number of fused-ring (bicyclic) bond motifs is 2. The monoisotopic (exact) mass is 340 g/mol. The molecule has 3 N–H and O–H groups in total. The van der Waals surface area contributed by atoms with Gasteiger partial charge >= 0.3 is 0 Å². The summed E-state index contributed by atoms with van der Waals surface area (Å²) in [6.07, 6.45) is 6.86. The molecule has 1 saturated carbocycles. The molecule has 4 unspecified atom stereocenters. The Morgan fingerprint density at radius 3 is 2.84 bits per heavy atom. The molecule has 3 fully saturated rings. The van der Waals surface area contributed by atoms with Crippen molar-refractivity contribution in [3.63, 3.8) is 0 Å². The molecule has 0 aromatic heterocycles. The van der Waals surface area contributed by atoms with Crippen LogP contribution in [0.15, 0.2) is 24.3 Å². The maximum absolute atomic E-state index is 13.6. The molecule has 2 heterocycles. The third-order valence-corrected chi connectivity index (χ3v) is 6.52. The van der Waals surface area contributed by atoms with E-state index < -0.39 is 0 Å². The van der Waals surface area contributed by atoms with E-state index in [-0.39, 0.29) is 12.1 Å². The van der Waals surface area contributed by atoms with Gasteiger partial charge in [0.2, 0.25) is 5.91 Å². The first-order valence-electron chi connectivity index (χ1n) is 9.94. The zero-order valence-corrected chi connectivity index (χ0v) is 14.7. The molecule has 4 aliphatic rings. The highest BCUT2D eigenvalue weighted by atomic mass is 16.2. The third kappa shape index (κ3) is 2.78. The van der Waals surface area contributed by atoms with Gasteiger partial charge in [0.05, 0.1) is 6.04 Å². The smallest absolute Gasteiger partial charge is 0.242 e. The van der Waals surface area contributed by atoms with Gasteiger partial charge in [0.1, 0.15) is 6.04 Å². The van der Waals surface area contributed by atoms with E-state index in [9.17, 15) is 4.79 Å². The van der Waals surface area contributed by atoms with E-state index in [1.165, 1.54) is 17.5 Å². The summed E-state index contributed by atoms with van der Waals surface area (Å²) in [7, 11) is 0. The molecule has 25 heavy (non-hydrogen) atoms. The number of rotatable bonds is 3. The molecule has 0 spiro atoms. The minimum Gasteiger partial charge on any atom is -0.331 e. The number of amides is 1. The molecular formula is C20H28N4O. The van der Waals surface area contributed by atoms with E-state index in [4.69, 9.17) is 0 Å². The summed E-state index contributed by atoms with van der Waals surface area (Å²) in [4.78, 5) is 15.8. The summed E-state index contributed by atoms with van der Waals surface area (Å²) in [6.45, 7) is 1.97. The van der Waals surface area contributed by atoms with Crippen LogP contribution in [-0.2, 0) is 11.2 Å². The first-order chi connectivity index (χ1) is 12.3. The summed E-state index contributed by atoms with van der Waals surface area (Å²) in [6, 6.07) is 9.79. The number of hydrogen-bond acceptors (Lipinski definition) is 4. The molecule has 4 atom stereocenters. The van der Waals surface area contributed by atoms with Gasteiger partial charge in [-0.05, 0) is 56.2 Å². The van der Waals surface area contributed by atoms with E-state index in [0.29, 0.717) is 23.9 Å². The number of benzene rings is 1. The van der Waals surface area contributed by atoms with Crippen LogP contribution in [0.2, 0.25) is 0 Å². The van der Waals surface area contributed by atoms with Gasteiger partial charge in [0.25, 0.3) is 0 Å². The summed E-state index contributed by atoms with van der Waals surface area (Å²) < 4.78 is 0. The molecule has 1 aromatic carbocycles. The van der Waals surface area contributed by atoms with Gasteiger partial charge in [-0.1, -0.05) is 24.3 Å². The lowest BCUT2D eigenvalue weighted by Gasteiger charge is -2.39. The highest BCUT2D eigenvalue weighted by molar-refractivity contribution is 5.84. The average molecular weight is 340 g/mol. The van der Waals surface area contributed by atoms with Crippen LogP contribution in [0.4, 0.5) is 0 Å². The van der Waals surface area contributed by atoms with Gasteiger partial charge in [-0.25, -0.2) is 5.43 Å². The number of nitrogens with zero attached hydrogens (tertiary/aromatic N) is 1. The van der Waals surface area contributed by atoms with Crippen molar-refractivity contribution in [3.05, 3.63) is 35.4 Å². The molecule has 5 rings (SSSR count). The Balaban J connectivity index is 1.43. The standard InChI is InChI=1S/C20H28N4O/c25-20(19-16-12-21-11-10-17(16)22-23-19)24(14-8-9-14)18-7-3-5-13-4-1-2-6-15(13)18/h1-2,4,6,14,16-19,21-23H,3,5,7-12H2. The second-order valence-electron chi connectivity index (χ2n) is 8.11. The summed E-state index contributed by atoms with van der Waals surface area (Å²) >= 11 is 0. The maximum atomic E-state index is 13.6. The van der Waals surface area contributed by atoms with E-state index in [2.05, 4.69) is 45.3 Å². The molecule has 1 amide bonds. The minimum atomic E-state index is -0.0903. The number of aryl methyl sites for hydroxylation is 1. The van der Waals surface area contributed by atoms with E-state index >= 15 is 0 Å². The van der Waals surface area contributed by atoms with Gasteiger partial charge in [0, 0.05) is 24.5 Å². The van der Waals surface area contributed by atoms with Crippen LogP contribution in [0.5, 0.6) is 0 Å². The predicted molar refractivity (Wildman–Crippen MR) is 96.8 cm³/mol. The molecule has 0 radical (unpaired) electrons. The second kappa shape index (κ2) is 6.38. The molecular weight excluding hydrogens is 312 g/mol. The number of carbonyl (C=O) groups excluding carboxylic acids is 1. The zero-order valence-electron chi connectivity index (χ0n) is 14.7. The Morgan fingerprint density at radius 1 is 1.08 bits per heavy atom. The first-order valence-corrected chi connectivity index (χ1v) is 9.94. The van der Waals surface area contributed by atoms with Crippen LogP contribution in [0.25, 0.3) is 0 Å². The van der Waals surface area contributed by atoms with Gasteiger partial charge in [-0.2, -0.15) is 0 Å². The molecule has 2 aliphatic heterocycles. The van der Waals surface area contributed by atoms with Crippen molar-refractivity contribution in [1.29, 1.82) is 0 Å². The number of hydrogen-bond donors (Lipinski definition) is 3. The fraction of sp³-hybridized carbons (Fsp3) is 0.650. The second-order valence-corrected chi connectivity index (χ2v) is 8.11. The van der Waals surface area contributed by atoms with Crippen molar-refractivity contribution in [2.75, 3.05) is 13.1 Å². The van der Waals surface area contributed by atoms with Gasteiger partial charge in [-0.3, -0.25) is 10.2 Å². The normalized spacial score (nSPS) is 34.2. The fourth-order valence-corrected chi connectivity index (χ4v) is 5.08. The molecule has 2 aliphatic carbocycles. The van der Waals surface area contributed by atoms with Crippen LogP contribution in [0.3, 0.4) is 0 Å². The Morgan fingerprint density at radius 2 is 1.96 bits per heavy atom. The fourth-order valence-electron chi connectivity index (χ4n) is 5.08. The lowest BCUT2D eigenvalue weighted by atomic mass is 9.85. The minimum absolute atomic E-state index is 0.0903. The highest BCUT2D eigenvalue weighted by Crippen LogP contribution is 2.41. The highest BCUT2D eigenvalue weighted by Gasteiger charge is 2.47. The number of piperidine rings is 1. The summed E-state index contributed by atoms with van der Waals surface area (Å²) in [5.74, 6) is 0.675. The Kier molecular flexibility index (Phi) is 4.03. The first kappa shape index (κ1) is 15.8. The quantitative estimate of drug-likeness (QED) is 0.781. The lowest BCUT2D eigenvalue weighted by molar-refractivity contribution is -0.138. The van der Waals surface area contributed by atoms with Crippen molar-refractivity contribution < 1.29 is 4.79 Å². The van der Waals surface area contributed by atoms with Crippen molar-refractivity contribution in [3.8, 4) is 0 Å². The molecule has 1 aromatic rings. The largest absolute Gasteiger partial charge is 0.331 e. The lowest BCUT2D eigenvalue weighted by Crippen LogP contribution is -2.52. The van der Waals surface area contributed by atoms with Crippen LogP contribution in [-0.4, -0.2) is 42.0 Å². The summed E-state index contributed by atoms with van der Waals surface area (Å²) in [5.41, 5.74) is 9.56. The average Bonchev–Trinajstić information content (AvgIpc) is 3.39. The molecule has 134 valence electrons. The van der Waals surface area contributed by atoms with Crippen LogP contribution >= 0.6 is 0 Å². The maximum Gasteiger partial charge on any atom is 0.242 e. The van der Waals surface area contributed by atoms with Crippen molar-refractivity contribution in [1.82, 2.24) is 21.1 Å². The van der Waals surface area contributed by atoms with E-state index in [1.807, 2.05) is 0 Å². The SMILES string of the molecule is O=C(C1NNC2CCNCC21)N(C1CC1)C1CCCc2ccccc21.